The molecular formula is C40H56O8. The van der Waals surface area contributed by atoms with E-state index in [1.807, 2.05) is 26.0 Å². The van der Waals surface area contributed by atoms with Crippen molar-refractivity contribution in [3.63, 3.8) is 0 Å². The maximum atomic E-state index is 13.5. The van der Waals surface area contributed by atoms with E-state index in [2.05, 4.69) is 33.1 Å². The molecule has 8 nitrogen and oxygen atoms in total. The first-order valence-corrected chi connectivity index (χ1v) is 18.1. The van der Waals surface area contributed by atoms with Crippen molar-refractivity contribution in [3.8, 4) is 0 Å². The lowest BCUT2D eigenvalue weighted by Crippen LogP contribution is -2.57. The smallest absolute Gasteiger partial charge is 0.338 e. The summed E-state index contributed by atoms with van der Waals surface area (Å²) in [5.41, 5.74) is 1.44. The van der Waals surface area contributed by atoms with Gasteiger partial charge < -0.3 is 29.9 Å². The summed E-state index contributed by atoms with van der Waals surface area (Å²) >= 11 is 0. The Labute approximate surface area is 285 Å². The molecule has 4 saturated carbocycles. The lowest BCUT2D eigenvalue weighted by molar-refractivity contribution is -0.156. The van der Waals surface area contributed by atoms with Gasteiger partial charge in [0.15, 0.2) is 0 Å². The lowest BCUT2D eigenvalue weighted by Gasteiger charge is -2.60. The van der Waals surface area contributed by atoms with Crippen LogP contribution in [0.2, 0.25) is 0 Å². The zero-order chi connectivity index (χ0) is 34.8. The molecule has 0 amide bonds. The van der Waals surface area contributed by atoms with E-state index >= 15 is 0 Å². The fourth-order valence-electron chi connectivity index (χ4n) is 11.5. The van der Waals surface area contributed by atoms with Crippen LogP contribution in [0, 0.1) is 51.2 Å². The Bertz CT molecular complexity index is 1440. The number of carbonyl (C=O) groups excluding carboxylic acids is 2. The number of hydrogen-bond donors (Lipinski definition) is 4. The minimum Gasteiger partial charge on any atom is -0.458 e. The van der Waals surface area contributed by atoms with Crippen LogP contribution in [0.15, 0.2) is 59.8 Å². The van der Waals surface area contributed by atoms with E-state index in [9.17, 15) is 30.0 Å². The van der Waals surface area contributed by atoms with Crippen molar-refractivity contribution < 1.29 is 39.5 Å². The van der Waals surface area contributed by atoms with Crippen LogP contribution in [-0.2, 0) is 19.1 Å². The third kappa shape index (κ3) is 5.41. The van der Waals surface area contributed by atoms with Crippen LogP contribution in [-0.4, -0.2) is 70.5 Å². The molecule has 8 heteroatoms. The van der Waals surface area contributed by atoms with Crippen LogP contribution in [0.4, 0.5) is 0 Å². The Morgan fingerprint density at radius 2 is 1.46 bits per heavy atom. The molecule has 264 valence electrons. The van der Waals surface area contributed by atoms with Gasteiger partial charge in [-0.25, -0.2) is 9.59 Å². The molecule has 0 bridgehead atoms. The first-order chi connectivity index (χ1) is 22.6. The molecule has 0 radical (unpaired) electrons. The van der Waals surface area contributed by atoms with Gasteiger partial charge in [-0.05, 0) is 98.5 Å². The molecule has 6 rings (SSSR count). The molecule has 0 aromatic heterocycles. The van der Waals surface area contributed by atoms with Gasteiger partial charge in [-0.15, -0.1) is 0 Å². The zero-order valence-electron chi connectivity index (χ0n) is 29.2. The fourth-order valence-corrected chi connectivity index (χ4v) is 11.5. The monoisotopic (exact) mass is 664 g/mol. The molecule has 0 saturated heterocycles. The Kier molecular flexibility index (Phi) is 9.32. The Hall–Kier alpha value is -2.52. The zero-order valence-corrected chi connectivity index (χ0v) is 29.2. The van der Waals surface area contributed by atoms with Crippen LogP contribution in [0.5, 0.6) is 0 Å². The lowest BCUT2D eigenvalue weighted by atomic mass is 9.45. The van der Waals surface area contributed by atoms with Crippen molar-refractivity contribution in [1.29, 1.82) is 0 Å². The molecule has 4 N–H and O–H groups in total. The van der Waals surface area contributed by atoms with Crippen LogP contribution in [0.25, 0.3) is 0 Å². The average Bonchev–Trinajstić information content (AvgIpc) is 3.65. The first-order valence-electron chi connectivity index (χ1n) is 18.1. The quantitative estimate of drug-likeness (QED) is 0.201. The van der Waals surface area contributed by atoms with Crippen LogP contribution < -0.4 is 0 Å². The molecule has 0 aromatic rings. The summed E-state index contributed by atoms with van der Waals surface area (Å²) in [6, 6.07) is 0. The van der Waals surface area contributed by atoms with Crippen LogP contribution in [0.3, 0.4) is 0 Å². The van der Waals surface area contributed by atoms with Gasteiger partial charge in [0.05, 0.1) is 31.0 Å². The van der Waals surface area contributed by atoms with Gasteiger partial charge in [0.2, 0.25) is 0 Å². The number of esters is 2. The summed E-state index contributed by atoms with van der Waals surface area (Å²) in [5, 5.41) is 42.7. The highest BCUT2D eigenvalue weighted by Gasteiger charge is 2.59. The number of aliphatic hydroxyl groups excluding tert-OH is 4. The Morgan fingerprint density at radius 1 is 0.875 bits per heavy atom. The van der Waals surface area contributed by atoms with Crippen molar-refractivity contribution in [2.45, 2.75) is 104 Å². The minimum atomic E-state index is -0.662. The summed E-state index contributed by atoms with van der Waals surface area (Å²) in [4.78, 5) is 26.5. The van der Waals surface area contributed by atoms with E-state index in [-0.39, 0.29) is 60.3 Å². The molecule has 12 atom stereocenters. The molecule has 48 heavy (non-hydrogen) atoms. The van der Waals surface area contributed by atoms with Gasteiger partial charge in [-0.2, -0.15) is 0 Å². The maximum Gasteiger partial charge on any atom is 0.338 e. The summed E-state index contributed by atoms with van der Waals surface area (Å²) in [6.45, 7) is 17.4. The third-order valence-corrected chi connectivity index (χ3v) is 14.6. The molecule has 2 heterocycles. The standard InChI is InChI=1S/C40H56O8/c1-23-7-11-31-37(3,16-13-33(43)39(31,5)21-41)28(23)10-9-25-19-30(48-35(25)45)27(26-15-18-47-36(26)46)20-29-24(2)8-12-32-38(29,4)17-14-34(44)40(32,6)22-42/h9-10,15,19,27-34,41-44H,1-2,7-8,11-14,16-18,20-22H2,3-6H3/b10-9+/t27?,28-,29-,30?,31?,32?,33-,34-,37+,38+,39+,40+/m1/s1. The second kappa shape index (κ2) is 12.7. The molecule has 4 unspecified atom stereocenters. The van der Waals surface area contributed by atoms with Gasteiger partial charge in [0.1, 0.15) is 12.7 Å². The second-order valence-corrected chi connectivity index (χ2v) is 16.9. The molecule has 2 aliphatic heterocycles. The fraction of sp³-hybridized carbons (Fsp3) is 0.700. The Morgan fingerprint density at radius 3 is 2.04 bits per heavy atom. The predicted molar refractivity (Wildman–Crippen MR) is 182 cm³/mol. The number of hydrogen-bond acceptors (Lipinski definition) is 8. The van der Waals surface area contributed by atoms with Crippen molar-refractivity contribution >= 4 is 11.9 Å². The van der Waals surface area contributed by atoms with E-state index in [4.69, 9.17) is 9.47 Å². The minimum absolute atomic E-state index is 0.00875. The SMILES string of the molecule is C=C1CCC2[C@](C)(CO)[C@H](O)CC[C@@]2(C)[C@@H]1/C=C/C1=CC(C(C[C@@H]2C(=C)CCC3[C@](C)(CO)[C@H](O)CC[C@]32C)C2=CCOC2=O)OC1=O. The van der Waals surface area contributed by atoms with Crippen LogP contribution >= 0.6 is 0 Å². The van der Waals surface area contributed by atoms with E-state index < -0.39 is 41.0 Å². The predicted octanol–water partition coefficient (Wildman–Crippen LogP) is 5.37. The van der Waals surface area contributed by atoms with Gasteiger partial charge >= 0.3 is 11.9 Å². The number of allylic oxidation sites excluding steroid dienone is 3. The molecule has 0 aromatic carbocycles. The van der Waals surface area contributed by atoms with E-state index in [0.29, 0.717) is 30.4 Å². The molecule has 4 fully saturated rings. The highest BCUT2D eigenvalue weighted by atomic mass is 16.6. The number of cyclic esters (lactones) is 2. The maximum absolute atomic E-state index is 13.5. The van der Waals surface area contributed by atoms with Crippen molar-refractivity contribution in [1.82, 2.24) is 0 Å². The largest absolute Gasteiger partial charge is 0.458 e. The van der Waals surface area contributed by atoms with Gasteiger partial charge in [0.25, 0.3) is 0 Å². The number of carbonyl (C=O) groups is 2. The average molecular weight is 665 g/mol. The molecular weight excluding hydrogens is 608 g/mol. The topological polar surface area (TPSA) is 134 Å². The van der Waals surface area contributed by atoms with Crippen LogP contribution in [0.1, 0.15) is 85.5 Å². The highest BCUT2D eigenvalue weighted by molar-refractivity contribution is 5.95. The van der Waals surface area contributed by atoms with E-state index in [0.717, 1.165) is 49.7 Å². The first kappa shape index (κ1) is 35.3. The molecule has 4 aliphatic carbocycles. The van der Waals surface area contributed by atoms with Gasteiger partial charge in [-0.3, -0.25) is 0 Å². The molecule has 0 spiro atoms. The van der Waals surface area contributed by atoms with Gasteiger partial charge in [-0.1, -0.05) is 64.2 Å². The van der Waals surface area contributed by atoms with E-state index in [1.54, 1.807) is 6.08 Å². The summed E-state index contributed by atoms with van der Waals surface area (Å²) < 4.78 is 11.4. The van der Waals surface area contributed by atoms with Gasteiger partial charge in [0, 0.05) is 28.2 Å². The normalized spacial score (nSPS) is 45.3. The highest BCUT2D eigenvalue weighted by Crippen LogP contribution is 2.63. The number of aliphatic hydroxyl groups is 4. The summed E-state index contributed by atoms with van der Waals surface area (Å²) in [5.74, 6) is -1.13. The van der Waals surface area contributed by atoms with E-state index in [1.165, 1.54) is 0 Å². The van der Waals surface area contributed by atoms with Crippen molar-refractivity contribution in [3.05, 3.63) is 59.8 Å². The number of rotatable bonds is 8. The number of ether oxygens (including phenoxy) is 2. The third-order valence-electron chi connectivity index (χ3n) is 14.6. The molecule has 6 aliphatic rings. The second-order valence-electron chi connectivity index (χ2n) is 16.9. The Balaban J connectivity index is 1.30. The summed E-state index contributed by atoms with van der Waals surface area (Å²) in [7, 11) is 0. The van der Waals surface area contributed by atoms with Crippen molar-refractivity contribution in [2.75, 3.05) is 19.8 Å². The number of fused-ring (bicyclic) bond motifs is 2. The van der Waals surface area contributed by atoms with Crippen molar-refractivity contribution in [2.24, 2.45) is 51.2 Å². The summed E-state index contributed by atoms with van der Waals surface area (Å²) in [6.07, 6.45) is 12.3.